The average molecular weight is 456 g/mol. The zero-order valence-corrected chi connectivity index (χ0v) is 20.4. The lowest BCUT2D eigenvalue weighted by Crippen LogP contribution is -2.44. The molecular formula is C31H37NO2. The molecule has 0 N–H and O–H groups in total. The second kappa shape index (κ2) is 7.31. The van der Waals surface area contributed by atoms with E-state index in [1.165, 1.54) is 82.6 Å². The Balaban J connectivity index is 1.28. The number of methoxy groups -OCH3 is 1. The van der Waals surface area contributed by atoms with Gasteiger partial charge in [0, 0.05) is 17.0 Å². The van der Waals surface area contributed by atoms with Crippen LogP contribution in [0.5, 0.6) is 0 Å². The van der Waals surface area contributed by atoms with Crippen molar-refractivity contribution in [2.45, 2.75) is 76.0 Å². The van der Waals surface area contributed by atoms with E-state index in [-0.39, 0.29) is 5.97 Å². The zero-order chi connectivity index (χ0) is 22.6. The molecule has 3 nitrogen and oxygen atoms in total. The molecule has 2 aromatic rings. The quantitative estimate of drug-likeness (QED) is 0.463. The third-order valence-corrected chi connectivity index (χ3v) is 11.4. The van der Waals surface area contributed by atoms with Crippen LogP contribution in [0.4, 0.5) is 0 Å². The molecule has 3 heteroatoms. The lowest BCUT2D eigenvalue weighted by Gasteiger charge is -2.55. The lowest BCUT2D eigenvalue weighted by molar-refractivity contribution is -0.00440. The van der Waals surface area contributed by atoms with Gasteiger partial charge in [-0.3, -0.25) is 4.98 Å². The Bertz CT molecular complexity index is 1110. The number of benzene rings is 1. The molecule has 0 saturated heterocycles. The van der Waals surface area contributed by atoms with Crippen molar-refractivity contribution in [1.82, 2.24) is 4.98 Å². The number of fused-ring (bicyclic) bond motifs is 1. The minimum absolute atomic E-state index is 0.195. The van der Waals surface area contributed by atoms with E-state index in [9.17, 15) is 4.79 Å². The molecule has 0 amide bonds. The number of para-hydroxylation sites is 1. The number of nitrogens with zero attached hydrogens (tertiary/aromatic N) is 1. The van der Waals surface area contributed by atoms with Gasteiger partial charge in [-0.1, -0.05) is 18.2 Å². The number of hydrogen-bond donors (Lipinski definition) is 0. The monoisotopic (exact) mass is 455 g/mol. The summed E-state index contributed by atoms with van der Waals surface area (Å²) in [6.07, 6.45) is 14.1. The molecule has 0 atom stereocenters. The van der Waals surface area contributed by atoms with Gasteiger partial charge in [-0.25, -0.2) is 4.79 Å². The van der Waals surface area contributed by atoms with Gasteiger partial charge in [0.25, 0.3) is 0 Å². The van der Waals surface area contributed by atoms with Crippen molar-refractivity contribution < 1.29 is 9.53 Å². The van der Waals surface area contributed by atoms with Gasteiger partial charge < -0.3 is 4.74 Å². The Labute approximate surface area is 203 Å². The summed E-state index contributed by atoms with van der Waals surface area (Å²) in [6, 6.07) is 8.81. The summed E-state index contributed by atoms with van der Waals surface area (Å²) in [5, 5.41) is 1.02. The second-order valence-electron chi connectivity index (χ2n) is 13.2. The third-order valence-electron chi connectivity index (χ3n) is 11.4. The van der Waals surface area contributed by atoms with Crippen LogP contribution >= 0.6 is 0 Å². The molecule has 0 aliphatic heterocycles. The molecule has 0 spiro atoms. The fourth-order valence-electron chi connectivity index (χ4n) is 10.9. The standard InChI is InChI=1S/C31H37NO2/c1-34-31(33)26-15-27(29-22-11-18-6-19(13-22)14-23(29)12-18)32-30-24(26)3-2-4-25(30)28-20-7-16-5-17(9-20)10-21(28)8-16/h2-4,15-23,28-29H,5-14H2,1H3. The maximum Gasteiger partial charge on any atom is 0.338 e. The van der Waals surface area contributed by atoms with Crippen molar-refractivity contribution in [3.8, 4) is 0 Å². The van der Waals surface area contributed by atoms with Gasteiger partial charge in [0.15, 0.2) is 0 Å². The van der Waals surface area contributed by atoms with Gasteiger partial charge in [-0.2, -0.15) is 0 Å². The molecule has 0 unspecified atom stereocenters. The Kier molecular flexibility index (Phi) is 4.36. The highest BCUT2D eigenvalue weighted by Gasteiger charge is 2.51. The Morgan fingerprint density at radius 3 is 1.82 bits per heavy atom. The summed E-state index contributed by atoms with van der Waals surface area (Å²) in [4.78, 5) is 18.6. The summed E-state index contributed by atoms with van der Waals surface area (Å²) >= 11 is 0. The van der Waals surface area contributed by atoms with Crippen molar-refractivity contribution in [3.05, 3.63) is 41.1 Å². The zero-order valence-electron chi connectivity index (χ0n) is 20.4. The molecule has 10 rings (SSSR count). The predicted octanol–water partition coefficient (Wildman–Crippen LogP) is 7.10. The summed E-state index contributed by atoms with van der Waals surface area (Å²) in [5.74, 6) is 7.96. The minimum Gasteiger partial charge on any atom is -0.465 e. The average Bonchev–Trinajstić information content (AvgIpc) is 2.82. The van der Waals surface area contributed by atoms with E-state index < -0.39 is 0 Å². The first-order valence-electron chi connectivity index (χ1n) is 14.2. The highest BCUT2D eigenvalue weighted by Crippen LogP contribution is 2.61. The largest absolute Gasteiger partial charge is 0.465 e. The maximum absolute atomic E-state index is 13.1. The van der Waals surface area contributed by atoms with Crippen LogP contribution in [-0.4, -0.2) is 18.1 Å². The van der Waals surface area contributed by atoms with Crippen LogP contribution in [-0.2, 0) is 4.74 Å². The normalized spacial score (nSPS) is 43.6. The highest BCUT2D eigenvalue weighted by molar-refractivity contribution is 6.04. The van der Waals surface area contributed by atoms with E-state index >= 15 is 0 Å². The van der Waals surface area contributed by atoms with Crippen LogP contribution in [0, 0.1) is 47.3 Å². The Hall–Kier alpha value is -1.90. The smallest absolute Gasteiger partial charge is 0.338 e. The van der Waals surface area contributed by atoms with E-state index in [1.54, 1.807) is 0 Å². The van der Waals surface area contributed by atoms with Crippen molar-refractivity contribution >= 4 is 16.9 Å². The van der Waals surface area contributed by atoms with Crippen LogP contribution < -0.4 is 0 Å². The molecule has 1 heterocycles. The van der Waals surface area contributed by atoms with E-state index in [1.807, 2.05) is 0 Å². The summed E-state index contributed by atoms with van der Waals surface area (Å²) < 4.78 is 5.32. The molecule has 0 radical (unpaired) electrons. The topological polar surface area (TPSA) is 39.2 Å². The number of esters is 1. The van der Waals surface area contributed by atoms with Crippen LogP contribution in [0.1, 0.15) is 97.7 Å². The van der Waals surface area contributed by atoms with E-state index in [0.717, 1.165) is 63.8 Å². The highest BCUT2D eigenvalue weighted by atomic mass is 16.5. The number of carbonyl (C=O) groups excluding carboxylic acids is 1. The van der Waals surface area contributed by atoms with E-state index in [2.05, 4.69) is 24.3 Å². The number of ether oxygens (including phenoxy) is 1. The number of rotatable bonds is 3. The van der Waals surface area contributed by atoms with E-state index in [4.69, 9.17) is 9.72 Å². The third kappa shape index (κ3) is 2.88. The Morgan fingerprint density at radius 2 is 1.29 bits per heavy atom. The number of aromatic nitrogens is 1. The fourth-order valence-corrected chi connectivity index (χ4v) is 10.9. The van der Waals surface area contributed by atoms with Crippen LogP contribution in [0.25, 0.3) is 10.9 Å². The van der Waals surface area contributed by atoms with Crippen molar-refractivity contribution in [3.63, 3.8) is 0 Å². The molecule has 8 fully saturated rings. The molecular weight excluding hydrogens is 418 g/mol. The lowest BCUT2D eigenvalue weighted by atomic mass is 9.50. The van der Waals surface area contributed by atoms with Gasteiger partial charge >= 0.3 is 5.97 Å². The van der Waals surface area contributed by atoms with Crippen LogP contribution in [0.3, 0.4) is 0 Å². The second-order valence-corrected chi connectivity index (χ2v) is 13.2. The number of pyridine rings is 1. The first kappa shape index (κ1) is 20.3. The molecule has 8 bridgehead atoms. The van der Waals surface area contributed by atoms with Crippen molar-refractivity contribution in [2.75, 3.05) is 7.11 Å². The fraction of sp³-hybridized carbons (Fsp3) is 0.677. The Morgan fingerprint density at radius 1 is 0.765 bits per heavy atom. The van der Waals surface area contributed by atoms with E-state index in [0.29, 0.717) is 11.8 Å². The predicted molar refractivity (Wildman–Crippen MR) is 133 cm³/mol. The van der Waals surface area contributed by atoms with Crippen molar-refractivity contribution in [1.29, 1.82) is 0 Å². The SMILES string of the molecule is COC(=O)c1cc(C2C3CC4CC(C3)CC2C4)nc2c(C3C4CC5CC(C4)CC3C5)cccc12. The first-order valence-corrected chi connectivity index (χ1v) is 14.2. The molecule has 34 heavy (non-hydrogen) atoms. The van der Waals surface area contributed by atoms with Crippen molar-refractivity contribution in [2.24, 2.45) is 47.3 Å². The van der Waals surface area contributed by atoms with Gasteiger partial charge in [0.1, 0.15) is 0 Å². The minimum atomic E-state index is -0.195. The molecule has 178 valence electrons. The van der Waals surface area contributed by atoms with Gasteiger partial charge in [0.2, 0.25) is 0 Å². The molecule has 1 aromatic carbocycles. The molecule has 8 aliphatic carbocycles. The molecule has 8 aliphatic rings. The van der Waals surface area contributed by atoms with Crippen LogP contribution in [0.2, 0.25) is 0 Å². The van der Waals surface area contributed by atoms with Gasteiger partial charge in [-0.05, 0) is 129 Å². The number of carbonyl (C=O) groups is 1. The summed E-state index contributed by atoms with van der Waals surface area (Å²) in [7, 11) is 1.53. The van der Waals surface area contributed by atoms with Gasteiger partial charge in [0.05, 0.1) is 18.2 Å². The first-order chi connectivity index (χ1) is 16.6. The van der Waals surface area contributed by atoms with Crippen LogP contribution in [0.15, 0.2) is 24.3 Å². The number of hydrogen-bond acceptors (Lipinski definition) is 3. The molecule has 1 aromatic heterocycles. The molecule has 8 saturated carbocycles. The van der Waals surface area contributed by atoms with Gasteiger partial charge in [-0.15, -0.1) is 0 Å². The maximum atomic E-state index is 13.1. The summed E-state index contributed by atoms with van der Waals surface area (Å²) in [6.45, 7) is 0. The summed E-state index contributed by atoms with van der Waals surface area (Å²) in [5.41, 5.74) is 4.54.